The van der Waals surface area contributed by atoms with Crippen LogP contribution in [-0.4, -0.2) is 35.2 Å². The first kappa shape index (κ1) is 23.6. The molecule has 0 bridgehead atoms. The van der Waals surface area contributed by atoms with E-state index in [0.717, 1.165) is 37.1 Å². The Morgan fingerprint density at radius 1 is 1.06 bits per heavy atom. The lowest BCUT2D eigenvalue weighted by molar-refractivity contribution is -0.120. The van der Waals surface area contributed by atoms with Crippen molar-refractivity contribution in [3.63, 3.8) is 0 Å². The molecule has 0 radical (unpaired) electrons. The van der Waals surface area contributed by atoms with Gasteiger partial charge in [0.05, 0.1) is 10.7 Å². The minimum Gasteiger partial charge on any atom is -0.350 e. The van der Waals surface area contributed by atoms with Crippen molar-refractivity contribution in [2.24, 2.45) is 0 Å². The van der Waals surface area contributed by atoms with Gasteiger partial charge in [0.2, 0.25) is 0 Å². The van der Waals surface area contributed by atoms with Gasteiger partial charge < -0.3 is 10.2 Å². The molecule has 1 saturated heterocycles. The summed E-state index contributed by atoms with van der Waals surface area (Å²) < 4.78 is 0. The van der Waals surface area contributed by atoms with Crippen LogP contribution in [0.15, 0.2) is 53.2 Å². The van der Waals surface area contributed by atoms with Crippen LogP contribution in [-0.2, 0) is 9.59 Å². The number of imide groups is 1. The van der Waals surface area contributed by atoms with Gasteiger partial charge in [-0.3, -0.25) is 14.4 Å². The summed E-state index contributed by atoms with van der Waals surface area (Å²) in [5, 5.41) is 3.18. The molecule has 2 aliphatic heterocycles. The van der Waals surface area contributed by atoms with E-state index in [1.54, 1.807) is 24.3 Å². The predicted octanol–water partition coefficient (Wildman–Crippen LogP) is 5.83. The number of amides is 3. The first-order chi connectivity index (χ1) is 15.8. The van der Waals surface area contributed by atoms with E-state index >= 15 is 0 Å². The minimum absolute atomic E-state index is 0.0475. The lowest BCUT2D eigenvalue weighted by atomic mass is 9.99. The molecule has 0 spiro atoms. The van der Waals surface area contributed by atoms with Crippen LogP contribution in [0, 0.1) is 0 Å². The molecule has 3 amide bonds. The molecule has 1 fully saturated rings. The van der Waals surface area contributed by atoms with E-state index in [-0.39, 0.29) is 33.4 Å². The largest absolute Gasteiger partial charge is 0.350 e. The highest BCUT2D eigenvalue weighted by molar-refractivity contribution is 6.54. The second-order valence-corrected chi connectivity index (χ2v) is 9.21. The first-order valence-corrected chi connectivity index (χ1v) is 11.9. The maximum Gasteiger partial charge on any atom is 0.283 e. The summed E-state index contributed by atoms with van der Waals surface area (Å²) in [6, 6.07) is 11.5. The summed E-state index contributed by atoms with van der Waals surface area (Å²) in [5.74, 6) is -1.39. The van der Waals surface area contributed by atoms with Crippen molar-refractivity contribution in [3.8, 4) is 0 Å². The second kappa shape index (κ2) is 9.75. The molecule has 1 N–H and O–H groups in total. The number of carbonyl (C=O) groups is 3. The third-order valence-electron chi connectivity index (χ3n) is 5.92. The van der Waals surface area contributed by atoms with Crippen molar-refractivity contribution in [1.82, 2.24) is 4.90 Å². The van der Waals surface area contributed by atoms with Gasteiger partial charge in [-0.1, -0.05) is 47.8 Å². The molecule has 0 aliphatic carbocycles. The Hall–Kier alpha value is -2.54. The average molecular weight is 507 g/mol. The van der Waals surface area contributed by atoms with E-state index in [2.05, 4.69) is 12.2 Å². The fourth-order valence-electron chi connectivity index (χ4n) is 4.23. The molecule has 2 aliphatic rings. The molecule has 2 heterocycles. The average Bonchev–Trinajstić information content (AvgIpc) is 3.02. The molecule has 1 atom stereocenters. The van der Waals surface area contributed by atoms with Gasteiger partial charge in [-0.05, 0) is 62.1 Å². The number of hydrogen-bond acceptors (Lipinski definition) is 4. The SMILES string of the molecule is CCC1CCCCN1C(=O)c1cccc(NC2=C(Cl)C(=O)N(c3ccc(Cl)cc3Cl)C2=O)c1. The third kappa shape index (κ3) is 4.60. The number of piperidine rings is 1. The number of halogens is 3. The molecule has 9 heteroatoms. The van der Waals surface area contributed by atoms with E-state index in [1.165, 1.54) is 18.2 Å². The highest BCUT2D eigenvalue weighted by Crippen LogP contribution is 2.35. The smallest absolute Gasteiger partial charge is 0.283 e. The zero-order valence-electron chi connectivity index (χ0n) is 17.9. The Morgan fingerprint density at radius 3 is 2.58 bits per heavy atom. The van der Waals surface area contributed by atoms with Gasteiger partial charge in [-0.25, -0.2) is 4.90 Å². The highest BCUT2D eigenvalue weighted by Gasteiger charge is 2.40. The number of nitrogens with zero attached hydrogens (tertiary/aromatic N) is 2. The molecular formula is C24H22Cl3N3O3. The second-order valence-electron chi connectivity index (χ2n) is 7.99. The molecule has 0 aromatic heterocycles. The standard InChI is InChI=1S/C24H22Cl3N3O3/c1-2-17-8-3-4-11-29(17)22(31)14-6-5-7-16(12-14)28-21-20(27)23(32)30(24(21)33)19-10-9-15(25)13-18(19)26/h5-7,9-10,12-13,17,28H,2-4,8,11H2,1H3. The van der Waals surface area contributed by atoms with Crippen LogP contribution < -0.4 is 10.2 Å². The number of hydrogen-bond donors (Lipinski definition) is 1. The number of rotatable bonds is 5. The zero-order valence-corrected chi connectivity index (χ0v) is 20.2. The first-order valence-electron chi connectivity index (χ1n) is 10.7. The van der Waals surface area contributed by atoms with Crippen LogP contribution >= 0.6 is 34.8 Å². The topological polar surface area (TPSA) is 69.7 Å². The normalized spacial score (nSPS) is 18.8. The highest BCUT2D eigenvalue weighted by atomic mass is 35.5. The Labute approximate surface area is 207 Å². The monoisotopic (exact) mass is 505 g/mol. The van der Waals surface area contributed by atoms with Gasteiger partial charge in [0.15, 0.2) is 0 Å². The maximum atomic E-state index is 13.1. The molecule has 6 nitrogen and oxygen atoms in total. The fraction of sp³-hybridized carbons (Fsp3) is 0.292. The Balaban J connectivity index is 1.57. The van der Waals surface area contributed by atoms with Crippen molar-refractivity contribution in [2.45, 2.75) is 38.6 Å². The summed E-state index contributed by atoms with van der Waals surface area (Å²) in [5.41, 5.74) is 1.09. The van der Waals surface area contributed by atoms with Gasteiger partial charge in [0, 0.05) is 28.9 Å². The quantitative estimate of drug-likeness (QED) is 0.518. The summed E-state index contributed by atoms with van der Waals surface area (Å²) in [6.45, 7) is 2.82. The summed E-state index contributed by atoms with van der Waals surface area (Å²) in [7, 11) is 0. The predicted molar refractivity (Wildman–Crippen MR) is 131 cm³/mol. The third-order valence-corrected chi connectivity index (χ3v) is 6.80. The van der Waals surface area contributed by atoms with E-state index in [0.29, 0.717) is 16.3 Å². The van der Waals surface area contributed by atoms with E-state index in [9.17, 15) is 14.4 Å². The Bertz CT molecular complexity index is 1160. The van der Waals surface area contributed by atoms with Crippen molar-refractivity contribution in [1.29, 1.82) is 0 Å². The molecule has 172 valence electrons. The van der Waals surface area contributed by atoms with Gasteiger partial charge in [-0.15, -0.1) is 0 Å². The van der Waals surface area contributed by atoms with Crippen molar-refractivity contribution < 1.29 is 14.4 Å². The lowest BCUT2D eigenvalue weighted by Gasteiger charge is -2.35. The van der Waals surface area contributed by atoms with E-state index in [1.807, 2.05) is 4.90 Å². The summed E-state index contributed by atoms with van der Waals surface area (Å²) in [4.78, 5) is 41.7. The van der Waals surface area contributed by atoms with Crippen LogP contribution in [0.2, 0.25) is 10.0 Å². The molecule has 4 rings (SSSR count). The molecule has 0 saturated carbocycles. The van der Waals surface area contributed by atoms with Gasteiger partial charge in [0.25, 0.3) is 17.7 Å². The van der Waals surface area contributed by atoms with Gasteiger partial charge in [0.1, 0.15) is 10.7 Å². The molecule has 2 aromatic carbocycles. The number of benzene rings is 2. The minimum atomic E-state index is -0.695. The Morgan fingerprint density at radius 2 is 1.85 bits per heavy atom. The van der Waals surface area contributed by atoms with Crippen molar-refractivity contribution in [3.05, 3.63) is 68.8 Å². The molecule has 33 heavy (non-hydrogen) atoms. The van der Waals surface area contributed by atoms with Crippen LogP contribution in [0.3, 0.4) is 0 Å². The lowest BCUT2D eigenvalue weighted by Crippen LogP contribution is -2.43. The molecule has 2 aromatic rings. The van der Waals surface area contributed by atoms with Gasteiger partial charge >= 0.3 is 0 Å². The van der Waals surface area contributed by atoms with Crippen LogP contribution in [0.4, 0.5) is 11.4 Å². The maximum absolute atomic E-state index is 13.1. The zero-order chi connectivity index (χ0) is 23.7. The number of nitrogens with one attached hydrogen (secondary N) is 1. The molecule has 1 unspecified atom stereocenters. The van der Waals surface area contributed by atoms with E-state index < -0.39 is 11.8 Å². The number of anilines is 2. The summed E-state index contributed by atoms with van der Waals surface area (Å²) >= 11 is 18.3. The summed E-state index contributed by atoms with van der Waals surface area (Å²) in [6.07, 6.45) is 4.03. The number of carbonyl (C=O) groups excluding carboxylic acids is 3. The van der Waals surface area contributed by atoms with Crippen LogP contribution in [0.1, 0.15) is 43.0 Å². The van der Waals surface area contributed by atoms with Crippen LogP contribution in [0.25, 0.3) is 0 Å². The van der Waals surface area contributed by atoms with E-state index in [4.69, 9.17) is 34.8 Å². The Kier molecular flexibility index (Phi) is 6.98. The van der Waals surface area contributed by atoms with Crippen molar-refractivity contribution in [2.75, 3.05) is 16.8 Å². The number of likely N-dealkylation sites (tertiary alicyclic amines) is 1. The fourth-order valence-corrected chi connectivity index (χ4v) is 4.93. The van der Waals surface area contributed by atoms with Crippen molar-refractivity contribution >= 4 is 63.9 Å². The molecular weight excluding hydrogens is 485 g/mol. The van der Waals surface area contributed by atoms with Gasteiger partial charge in [-0.2, -0.15) is 0 Å². The van der Waals surface area contributed by atoms with Crippen LogP contribution in [0.5, 0.6) is 0 Å².